The summed E-state index contributed by atoms with van der Waals surface area (Å²) >= 11 is 0. The van der Waals surface area contributed by atoms with E-state index in [2.05, 4.69) is 32.9 Å². The van der Waals surface area contributed by atoms with Crippen molar-refractivity contribution < 1.29 is 0 Å². The van der Waals surface area contributed by atoms with Gasteiger partial charge in [-0.15, -0.1) is 0 Å². The number of hydrogen-bond acceptors (Lipinski definition) is 3. The molecule has 1 saturated heterocycles. The van der Waals surface area contributed by atoms with E-state index in [1.54, 1.807) is 0 Å². The van der Waals surface area contributed by atoms with Crippen LogP contribution in [0.15, 0.2) is 24.4 Å². The first-order valence-electron chi connectivity index (χ1n) is 6.75. The number of hydrogen-bond donors (Lipinski definition) is 1. The number of fused-ring (bicyclic) bond motifs is 1. The van der Waals surface area contributed by atoms with Crippen molar-refractivity contribution in [2.45, 2.75) is 25.8 Å². The number of piperidine rings is 1. The Morgan fingerprint density at radius 2 is 2.06 bits per heavy atom. The lowest BCUT2D eigenvalue weighted by Gasteiger charge is -2.27. The summed E-state index contributed by atoms with van der Waals surface area (Å²) in [7, 11) is 1.99. The first-order chi connectivity index (χ1) is 8.90. The molecule has 0 amide bonds. The lowest BCUT2D eigenvalue weighted by molar-refractivity contribution is 0.571. The number of nitrogens with one attached hydrogen (secondary N) is 1. The summed E-state index contributed by atoms with van der Waals surface area (Å²) in [6.07, 6.45) is 6.02. The van der Waals surface area contributed by atoms with E-state index >= 15 is 0 Å². The fraction of sp³-hybridized carbons (Fsp3) is 0.500. The summed E-state index contributed by atoms with van der Waals surface area (Å²) in [5, 5.41) is 3.25. The van der Waals surface area contributed by atoms with E-state index in [9.17, 15) is 0 Å². The summed E-state index contributed by atoms with van der Waals surface area (Å²) < 4.78 is 2.19. The molecule has 0 aliphatic carbocycles. The molecule has 2 aromatic heterocycles. The topological polar surface area (TPSA) is 32.6 Å². The third kappa shape index (κ3) is 1.97. The van der Waals surface area contributed by atoms with Crippen molar-refractivity contribution in [3.8, 4) is 0 Å². The molecule has 3 rings (SSSR count). The van der Waals surface area contributed by atoms with Gasteiger partial charge in [0.05, 0.1) is 5.69 Å². The number of anilines is 1. The van der Waals surface area contributed by atoms with Crippen LogP contribution in [0.4, 0.5) is 5.82 Å². The third-order valence-corrected chi connectivity index (χ3v) is 3.61. The molecule has 0 unspecified atom stereocenters. The van der Waals surface area contributed by atoms with Gasteiger partial charge in [-0.05, 0) is 38.4 Å². The van der Waals surface area contributed by atoms with Crippen LogP contribution in [-0.2, 0) is 6.54 Å². The zero-order valence-corrected chi connectivity index (χ0v) is 10.9. The quantitative estimate of drug-likeness (QED) is 0.897. The highest BCUT2D eigenvalue weighted by Crippen LogP contribution is 2.24. The van der Waals surface area contributed by atoms with Crippen molar-refractivity contribution in [3.05, 3.63) is 30.1 Å². The van der Waals surface area contributed by atoms with Gasteiger partial charge in [-0.3, -0.25) is 0 Å². The molecule has 0 atom stereocenters. The van der Waals surface area contributed by atoms with Crippen molar-refractivity contribution in [2.24, 2.45) is 0 Å². The molecule has 0 spiro atoms. The minimum atomic E-state index is 0.858. The Balaban J connectivity index is 2.05. The molecular weight excluding hydrogens is 224 g/mol. The van der Waals surface area contributed by atoms with E-state index in [4.69, 9.17) is 4.98 Å². The lowest BCUT2D eigenvalue weighted by Crippen LogP contribution is -2.31. The predicted molar refractivity (Wildman–Crippen MR) is 74.0 cm³/mol. The average Bonchev–Trinajstić information content (AvgIpc) is 2.80. The molecule has 1 aliphatic rings. The van der Waals surface area contributed by atoms with Gasteiger partial charge in [0.1, 0.15) is 5.65 Å². The van der Waals surface area contributed by atoms with Gasteiger partial charge in [-0.1, -0.05) is 6.07 Å². The van der Waals surface area contributed by atoms with Gasteiger partial charge < -0.3 is 14.6 Å². The molecule has 2 aromatic rings. The van der Waals surface area contributed by atoms with Gasteiger partial charge >= 0.3 is 0 Å². The van der Waals surface area contributed by atoms with Crippen molar-refractivity contribution in [1.82, 2.24) is 14.7 Å². The number of pyridine rings is 1. The summed E-state index contributed by atoms with van der Waals surface area (Å²) in [5.41, 5.74) is 2.32. The molecule has 1 aliphatic heterocycles. The number of nitrogens with zero attached hydrogens (tertiary/aromatic N) is 3. The van der Waals surface area contributed by atoms with Crippen LogP contribution in [0.3, 0.4) is 0 Å². The van der Waals surface area contributed by atoms with Crippen LogP contribution in [0.5, 0.6) is 0 Å². The van der Waals surface area contributed by atoms with Crippen LogP contribution in [0.25, 0.3) is 5.65 Å². The number of rotatable bonds is 3. The second-order valence-corrected chi connectivity index (χ2v) is 4.89. The Morgan fingerprint density at radius 3 is 2.83 bits per heavy atom. The van der Waals surface area contributed by atoms with Crippen molar-refractivity contribution in [2.75, 3.05) is 25.0 Å². The summed E-state index contributed by atoms with van der Waals surface area (Å²) in [4.78, 5) is 7.24. The van der Waals surface area contributed by atoms with Crippen LogP contribution in [0, 0.1) is 0 Å². The largest absolute Gasteiger partial charge is 0.355 e. The fourth-order valence-corrected chi connectivity index (χ4v) is 2.72. The summed E-state index contributed by atoms with van der Waals surface area (Å²) in [6.45, 7) is 3.14. The second-order valence-electron chi connectivity index (χ2n) is 4.89. The molecule has 4 nitrogen and oxygen atoms in total. The van der Waals surface area contributed by atoms with Crippen molar-refractivity contribution in [1.29, 1.82) is 0 Å². The smallest absolute Gasteiger partial charge is 0.152 e. The summed E-state index contributed by atoms with van der Waals surface area (Å²) in [5.74, 6) is 1.16. The standard InChI is InChI=1S/C14H20N4/c1-15-11-12-14(17-8-4-2-5-9-17)16-13-7-3-6-10-18(12)13/h3,6-7,10,15H,2,4-5,8-9,11H2,1H3. The van der Waals surface area contributed by atoms with E-state index in [1.807, 2.05) is 13.1 Å². The molecule has 4 heteroatoms. The molecule has 96 valence electrons. The van der Waals surface area contributed by atoms with E-state index < -0.39 is 0 Å². The van der Waals surface area contributed by atoms with Gasteiger partial charge in [-0.25, -0.2) is 4.98 Å². The van der Waals surface area contributed by atoms with Crippen LogP contribution < -0.4 is 10.2 Å². The maximum Gasteiger partial charge on any atom is 0.152 e. The van der Waals surface area contributed by atoms with E-state index in [1.165, 1.54) is 25.0 Å². The van der Waals surface area contributed by atoms with Gasteiger partial charge in [0.15, 0.2) is 5.82 Å². The van der Waals surface area contributed by atoms with Crippen LogP contribution >= 0.6 is 0 Å². The molecule has 0 aromatic carbocycles. The number of imidazole rings is 1. The second kappa shape index (κ2) is 4.98. The zero-order chi connectivity index (χ0) is 12.4. The molecule has 0 bridgehead atoms. The van der Waals surface area contributed by atoms with Crippen molar-refractivity contribution in [3.63, 3.8) is 0 Å². The number of aromatic nitrogens is 2. The third-order valence-electron chi connectivity index (χ3n) is 3.61. The Kier molecular flexibility index (Phi) is 3.19. The van der Waals surface area contributed by atoms with Crippen molar-refractivity contribution >= 4 is 11.5 Å². The maximum absolute atomic E-state index is 4.80. The van der Waals surface area contributed by atoms with E-state index in [0.29, 0.717) is 0 Å². The molecule has 0 saturated carbocycles. The molecule has 1 N–H and O–H groups in total. The summed E-state index contributed by atoms with van der Waals surface area (Å²) in [6, 6.07) is 6.19. The predicted octanol–water partition coefficient (Wildman–Crippen LogP) is 2.04. The minimum absolute atomic E-state index is 0.858. The minimum Gasteiger partial charge on any atom is -0.355 e. The first-order valence-corrected chi connectivity index (χ1v) is 6.75. The maximum atomic E-state index is 4.80. The monoisotopic (exact) mass is 244 g/mol. The molecular formula is C14H20N4. The molecule has 3 heterocycles. The Morgan fingerprint density at radius 1 is 1.22 bits per heavy atom. The van der Waals surface area contributed by atoms with Crippen LogP contribution in [0.1, 0.15) is 25.0 Å². The highest BCUT2D eigenvalue weighted by molar-refractivity contribution is 5.56. The average molecular weight is 244 g/mol. The van der Waals surface area contributed by atoms with E-state index in [-0.39, 0.29) is 0 Å². The Bertz CT molecular complexity index is 526. The first kappa shape index (κ1) is 11.5. The molecule has 0 radical (unpaired) electrons. The lowest BCUT2D eigenvalue weighted by atomic mass is 10.1. The zero-order valence-electron chi connectivity index (χ0n) is 10.9. The molecule has 1 fully saturated rings. The van der Waals surface area contributed by atoms with Gasteiger partial charge in [0, 0.05) is 25.8 Å². The van der Waals surface area contributed by atoms with Crippen LogP contribution in [-0.4, -0.2) is 29.5 Å². The Labute approximate surface area is 108 Å². The molecule has 18 heavy (non-hydrogen) atoms. The normalized spacial score (nSPS) is 16.4. The van der Waals surface area contributed by atoms with Gasteiger partial charge in [0.25, 0.3) is 0 Å². The van der Waals surface area contributed by atoms with Gasteiger partial charge in [0.2, 0.25) is 0 Å². The Hall–Kier alpha value is -1.55. The van der Waals surface area contributed by atoms with Gasteiger partial charge in [-0.2, -0.15) is 0 Å². The highest BCUT2D eigenvalue weighted by atomic mass is 15.2. The fourth-order valence-electron chi connectivity index (χ4n) is 2.72. The SMILES string of the molecule is CNCc1c(N2CCCCC2)nc2ccccn12. The highest BCUT2D eigenvalue weighted by Gasteiger charge is 2.19. The van der Waals surface area contributed by atoms with E-state index in [0.717, 1.165) is 31.1 Å². The van der Waals surface area contributed by atoms with Crippen LogP contribution in [0.2, 0.25) is 0 Å².